The van der Waals surface area contributed by atoms with Crippen LogP contribution < -0.4 is 0 Å². The van der Waals surface area contributed by atoms with Crippen molar-refractivity contribution in [3.63, 3.8) is 0 Å². The Morgan fingerprint density at radius 1 is 1.26 bits per heavy atom. The molecule has 1 aliphatic rings. The van der Waals surface area contributed by atoms with Gasteiger partial charge in [0.05, 0.1) is 22.5 Å². The van der Waals surface area contributed by atoms with Gasteiger partial charge in [0.2, 0.25) is 6.10 Å². The lowest BCUT2D eigenvalue weighted by Crippen LogP contribution is -2.40. The van der Waals surface area contributed by atoms with Crippen molar-refractivity contribution in [2.75, 3.05) is 6.61 Å². The first-order chi connectivity index (χ1) is 8.81. The smallest absolute Gasteiger partial charge is 0.330 e. The second-order valence-corrected chi connectivity index (χ2v) is 3.43. The topological polar surface area (TPSA) is 159 Å². The van der Waals surface area contributed by atoms with Crippen LogP contribution in [0.3, 0.4) is 0 Å². The van der Waals surface area contributed by atoms with Crippen LogP contribution in [0.15, 0.2) is 23.2 Å². The first-order valence-electron chi connectivity index (χ1n) is 5.00. The molecule has 1 N–H and O–H groups in total. The van der Waals surface area contributed by atoms with E-state index >= 15 is 0 Å². The fourth-order valence-electron chi connectivity index (χ4n) is 1.56. The Labute approximate surface area is 105 Å². The SMILES string of the molecule is CCOC1=C([N+](=O)[O-])C(O)C([N+](=O)[O-])C=C1[N+](=O)[O-]. The van der Waals surface area contributed by atoms with E-state index in [1.165, 1.54) is 6.92 Å². The van der Waals surface area contributed by atoms with Crippen LogP contribution in [0.4, 0.5) is 0 Å². The summed E-state index contributed by atoms with van der Waals surface area (Å²) in [7, 11) is 0. The molecule has 104 valence electrons. The zero-order valence-corrected chi connectivity index (χ0v) is 9.59. The number of hydrogen-bond acceptors (Lipinski definition) is 8. The van der Waals surface area contributed by atoms with Crippen molar-refractivity contribution < 1.29 is 24.6 Å². The van der Waals surface area contributed by atoms with Crippen molar-refractivity contribution in [1.82, 2.24) is 0 Å². The Hall–Kier alpha value is -2.56. The highest BCUT2D eigenvalue weighted by Crippen LogP contribution is 2.28. The highest BCUT2D eigenvalue weighted by atomic mass is 16.6. The third-order valence-corrected chi connectivity index (χ3v) is 2.32. The molecule has 11 nitrogen and oxygen atoms in total. The minimum Gasteiger partial charge on any atom is -0.483 e. The quantitative estimate of drug-likeness (QED) is 0.528. The molecule has 0 saturated heterocycles. The zero-order chi connectivity index (χ0) is 14.7. The standard InChI is InChI=1S/C8H9N3O8/c1-2-19-8-5(10(15)16)3-4(9(13)14)7(12)6(8)11(17)18/h3-4,7,12H,2H2,1H3. The van der Waals surface area contributed by atoms with Crippen molar-refractivity contribution in [2.45, 2.75) is 19.1 Å². The molecule has 0 aromatic carbocycles. The van der Waals surface area contributed by atoms with Gasteiger partial charge < -0.3 is 9.84 Å². The lowest BCUT2D eigenvalue weighted by atomic mass is 9.99. The average Bonchev–Trinajstić information content (AvgIpc) is 2.27. The molecule has 0 bridgehead atoms. The van der Waals surface area contributed by atoms with E-state index in [-0.39, 0.29) is 6.61 Å². The second-order valence-electron chi connectivity index (χ2n) is 3.43. The highest BCUT2D eigenvalue weighted by molar-refractivity contribution is 5.31. The van der Waals surface area contributed by atoms with Crippen LogP contribution in [0.5, 0.6) is 0 Å². The van der Waals surface area contributed by atoms with E-state index in [0.717, 1.165) is 0 Å². The van der Waals surface area contributed by atoms with Crippen LogP contribution in [-0.4, -0.2) is 38.6 Å². The molecule has 0 aromatic rings. The van der Waals surface area contributed by atoms with Crippen LogP contribution in [0.1, 0.15) is 6.92 Å². The summed E-state index contributed by atoms with van der Waals surface area (Å²) in [6.45, 7) is 1.29. The van der Waals surface area contributed by atoms with Gasteiger partial charge in [0.25, 0.3) is 11.8 Å². The Morgan fingerprint density at radius 2 is 1.84 bits per heavy atom. The van der Waals surface area contributed by atoms with Crippen molar-refractivity contribution in [3.05, 3.63) is 53.6 Å². The minimum absolute atomic E-state index is 0.131. The van der Waals surface area contributed by atoms with Gasteiger partial charge in [0, 0.05) is 4.92 Å². The summed E-state index contributed by atoms with van der Waals surface area (Å²) in [4.78, 5) is 29.1. The molecule has 2 atom stereocenters. The number of ether oxygens (including phenoxy) is 1. The summed E-state index contributed by atoms with van der Waals surface area (Å²) in [5, 5.41) is 41.8. The average molecular weight is 275 g/mol. The molecule has 1 aliphatic carbocycles. The first kappa shape index (κ1) is 14.5. The van der Waals surface area contributed by atoms with Crippen LogP contribution in [0.2, 0.25) is 0 Å². The monoisotopic (exact) mass is 275 g/mol. The van der Waals surface area contributed by atoms with Gasteiger partial charge in [-0.25, -0.2) is 0 Å². The summed E-state index contributed by atoms with van der Waals surface area (Å²) >= 11 is 0. The molecule has 0 spiro atoms. The first-order valence-corrected chi connectivity index (χ1v) is 5.00. The minimum atomic E-state index is -2.12. The Kier molecular flexibility index (Phi) is 4.11. The fraction of sp³-hybridized carbons (Fsp3) is 0.500. The van der Waals surface area contributed by atoms with Gasteiger partial charge in [-0.3, -0.25) is 30.3 Å². The number of nitro groups is 3. The molecule has 0 aliphatic heterocycles. The van der Waals surface area contributed by atoms with Crippen LogP contribution >= 0.6 is 0 Å². The Morgan fingerprint density at radius 3 is 2.21 bits per heavy atom. The molecule has 0 radical (unpaired) electrons. The summed E-state index contributed by atoms with van der Waals surface area (Å²) in [5.41, 5.74) is -1.99. The largest absolute Gasteiger partial charge is 0.483 e. The zero-order valence-electron chi connectivity index (χ0n) is 9.59. The predicted octanol–water partition coefficient (Wildman–Crippen LogP) is -0.308. The van der Waals surface area contributed by atoms with E-state index in [1.54, 1.807) is 0 Å². The van der Waals surface area contributed by atoms with E-state index in [4.69, 9.17) is 4.74 Å². The van der Waals surface area contributed by atoms with Crippen molar-refractivity contribution in [3.8, 4) is 0 Å². The molecule has 0 heterocycles. The molecule has 0 aromatic heterocycles. The molecule has 11 heteroatoms. The van der Waals surface area contributed by atoms with Gasteiger partial charge in [-0.05, 0) is 6.92 Å². The highest BCUT2D eigenvalue weighted by Gasteiger charge is 2.50. The van der Waals surface area contributed by atoms with E-state index in [0.29, 0.717) is 6.08 Å². The normalized spacial score (nSPS) is 22.7. The molecule has 1 rings (SSSR count). The molecule has 19 heavy (non-hydrogen) atoms. The third-order valence-electron chi connectivity index (χ3n) is 2.32. The Bertz CT molecular complexity index is 496. The molecule has 0 fully saturated rings. The van der Waals surface area contributed by atoms with Gasteiger partial charge in [0.1, 0.15) is 0 Å². The molecular weight excluding hydrogens is 266 g/mol. The van der Waals surface area contributed by atoms with E-state index in [1.807, 2.05) is 0 Å². The molecule has 2 unspecified atom stereocenters. The van der Waals surface area contributed by atoms with Crippen LogP contribution in [0, 0.1) is 30.3 Å². The van der Waals surface area contributed by atoms with E-state index in [9.17, 15) is 35.4 Å². The maximum Gasteiger partial charge on any atom is 0.330 e. The Balaban J connectivity index is 3.46. The number of hydrogen-bond donors (Lipinski definition) is 1. The summed E-state index contributed by atoms with van der Waals surface area (Å²) in [6.07, 6.45) is -1.59. The molecule has 0 saturated carbocycles. The van der Waals surface area contributed by atoms with Crippen LogP contribution in [0.25, 0.3) is 0 Å². The maximum atomic E-state index is 10.8. The number of rotatable bonds is 5. The summed E-state index contributed by atoms with van der Waals surface area (Å²) < 4.78 is 4.77. The summed E-state index contributed by atoms with van der Waals surface area (Å²) in [5.74, 6) is -0.761. The lowest BCUT2D eigenvalue weighted by molar-refractivity contribution is -0.536. The van der Waals surface area contributed by atoms with Crippen LogP contribution in [-0.2, 0) is 4.74 Å². The number of aliphatic hydroxyl groups excluding tert-OH is 1. The predicted molar refractivity (Wildman–Crippen MR) is 57.5 cm³/mol. The van der Waals surface area contributed by atoms with E-state index in [2.05, 4.69) is 0 Å². The van der Waals surface area contributed by atoms with Crippen molar-refractivity contribution in [2.24, 2.45) is 0 Å². The molecular formula is C8H9N3O8. The van der Waals surface area contributed by atoms with Gasteiger partial charge in [0.15, 0.2) is 0 Å². The molecule has 0 amide bonds. The number of aliphatic hydroxyl groups is 1. The maximum absolute atomic E-state index is 10.8. The summed E-state index contributed by atoms with van der Waals surface area (Å²) in [6, 6.07) is -1.97. The van der Waals surface area contributed by atoms with Gasteiger partial charge in [-0.15, -0.1) is 0 Å². The number of nitrogens with zero attached hydrogens (tertiary/aromatic N) is 3. The second kappa shape index (κ2) is 5.39. The lowest BCUT2D eigenvalue weighted by Gasteiger charge is -2.17. The van der Waals surface area contributed by atoms with Crippen molar-refractivity contribution in [1.29, 1.82) is 0 Å². The van der Waals surface area contributed by atoms with E-state index < -0.39 is 44.1 Å². The van der Waals surface area contributed by atoms with Gasteiger partial charge in [-0.1, -0.05) is 0 Å². The van der Waals surface area contributed by atoms with Crippen molar-refractivity contribution >= 4 is 0 Å². The van der Waals surface area contributed by atoms with Gasteiger partial charge in [-0.2, -0.15) is 0 Å². The fourth-order valence-corrected chi connectivity index (χ4v) is 1.56. The third kappa shape index (κ3) is 2.65. The van der Waals surface area contributed by atoms with Gasteiger partial charge >= 0.3 is 11.4 Å².